The zero-order chi connectivity index (χ0) is 22.0. The van der Waals surface area contributed by atoms with Crippen LogP contribution in [0.4, 0.5) is 21.5 Å². The van der Waals surface area contributed by atoms with Crippen molar-refractivity contribution >= 4 is 34.6 Å². The minimum atomic E-state index is -0.800. The van der Waals surface area contributed by atoms with Crippen molar-refractivity contribution in [3.63, 3.8) is 0 Å². The average Bonchev–Trinajstić information content (AvgIpc) is 3.22. The number of nitrogens with zero attached hydrogens (tertiary/aromatic N) is 4. The van der Waals surface area contributed by atoms with Crippen molar-refractivity contribution in [1.82, 2.24) is 4.90 Å². The van der Waals surface area contributed by atoms with E-state index in [4.69, 9.17) is 5.73 Å². The van der Waals surface area contributed by atoms with E-state index in [-0.39, 0.29) is 12.1 Å². The first kappa shape index (κ1) is 20.8. The fraction of sp³-hybridized carbons (Fsp3) is 0.318. The number of hydrazone groups is 1. The van der Waals surface area contributed by atoms with Crippen molar-refractivity contribution in [3.05, 3.63) is 54.3 Å². The van der Waals surface area contributed by atoms with Crippen LogP contribution >= 0.6 is 0 Å². The van der Waals surface area contributed by atoms with E-state index in [0.717, 1.165) is 31.9 Å². The summed E-state index contributed by atoms with van der Waals surface area (Å²) in [6.45, 7) is 3.97. The molecule has 2 aliphatic rings. The third-order valence-corrected chi connectivity index (χ3v) is 5.59. The van der Waals surface area contributed by atoms with Crippen LogP contribution < -0.4 is 21.0 Å². The first-order valence-electron chi connectivity index (χ1n) is 10.2. The Balaban J connectivity index is 1.44. The standard InChI is InChI=1S/C22H25FN6O2/c1-27-10-12-28(13-11-27)17-8-4-16(5-9-17)25-22(31)19-14-20(21(24)30)29(26-19)18-6-2-15(23)3-7-18/h2-9,20H,10-14H2,1H3,(H2,24,30)(H,25,31). The number of carbonyl (C=O) groups is 2. The molecule has 0 spiro atoms. The van der Waals surface area contributed by atoms with E-state index in [0.29, 0.717) is 11.4 Å². The van der Waals surface area contributed by atoms with E-state index < -0.39 is 23.7 Å². The predicted octanol–water partition coefficient (Wildman–Crippen LogP) is 1.64. The SMILES string of the molecule is CN1CCN(c2ccc(NC(=O)C3=NN(c4ccc(F)cc4)C(C(N)=O)C3)cc2)CC1. The number of hydrogen-bond acceptors (Lipinski definition) is 6. The Labute approximate surface area is 180 Å². The molecule has 2 aromatic rings. The molecule has 4 rings (SSSR count). The summed E-state index contributed by atoms with van der Waals surface area (Å²) < 4.78 is 13.2. The molecule has 1 atom stereocenters. The second kappa shape index (κ2) is 8.73. The molecular formula is C22H25FN6O2. The molecule has 31 heavy (non-hydrogen) atoms. The summed E-state index contributed by atoms with van der Waals surface area (Å²) in [6, 6.07) is 12.4. The number of halogens is 1. The van der Waals surface area contributed by atoms with Gasteiger partial charge < -0.3 is 20.9 Å². The minimum absolute atomic E-state index is 0.0813. The van der Waals surface area contributed by atoms with Gasteiger partial charge in [0.05, 0.1) is 5.69 Å². The van der Waals surface area contributed by atoms with Gasteiger partial charge in [0, 0.05) is 44.0 Å². The first-order chi connectivity index (χ1) is 14.9. The molecule has 0 saturated carbocycles. The van der Waals surface area contributed by atoms with Gasteiger partial charge in [0.2, 0.25) is 5.91 Å². The zero-order valence-electron chi connectivity index (χ0n) is 17.3. The van der Waals surface area contributed by atoms with Gasteiger partial charge in [-0.25, -0.2) is 4.39 Å². The van der Waals surface area contributed by atoms with Gasteiger partial charge in [-0.15, -0.1) is 0 Å². The lowest BCUT2D eigenvalue weighted by atomic mass is 10.1. The Bertz CT molecular complexity index is 984. The van der Waals surface area contributed by atoms with Crippen LogP contribution in [0.25, 0.3) is 0 Å². The molecule has 0 aliphatic carbocycles. The summed E-state index contributed by atoms with van der Waals surface area (Å²) in [5.74, 6) is -1.41. The van der Waals surface area contributed by atoms with Crippen LogP contribution in [0.2, 0.25) is 0 Å². The predicted molar refractivity (Wildman–Crippen MR) is 119 cm³/mol. The summed E-state index contributed by atoms with van der Waals surface area (Å²) in [6.07, 6.45) is 0.0813. The van der Waals surface area contributed by atoms with E-state index in [1.54, 1.807) is 0 Å². The molecule has 2 heterocycles. The van der Waals surface area contributed by atoms with Crippen LogP contribution in [0.5, 0.6) is 0 Å². The van der Waals surface area contributed by atoms with E-state index in [9.17, 15) is 14.0 Å². The van der Waals surface area contributed by atoms with Crippen molar-refractivity contribution in [2.45, 2.75) is 12.5 Å². The first-order valence-corrected chi connectivity index (χ1v) is 10.2. The zero-order valence-corrected chi connectivity index (χ0v) is 17.3. The summed E-state index contributed by atoms with van der Waals surface area (Å²) in [5.41, 5.74) is 7.93. The van der Waals surface area contributed by atoms with Crippen LogP contribution in [-0.2, 0) is 9.59 Å². The van der Waals surface area contributed by atoms with E-state index in [2.05, 4.69) is 27.3 Å². The number of nitrogens with two attached hydrogens (primary N) is 1. The van der Waals surface area contributed by atoms with Crippen molar-refractivity contribution < 1.29 is 14.0 Å². The maximum Gasteiger partial charge on any atom is 0.271 e. The third-order valence-electron chi connectivity index (χ3n) is 5.59. The molecule has 8 nitrogen and oxygen atoms in total. The number of rotatable bonds is 5. The number of amides is 2. The fourth-order valence-corrected chi connectivity index (χ4v) is 3.72. The molecule has 0 radical (unpaired) electrons. The molecule has 1 fully saturated rings. The highest BCUT2D eigenvalue weighted by Gasteiger charge is 2.35. The minimum Gasteiger partial charge on any atom is -0.369 e. The summed E-state index contributed by atoms with van der Waals surface area (Å²) in [7, 11) is 2.11. The number of benzene rings is 2. The summed E-state index contributed by atoms with van der Waals surface area (Å²) >= 11 is 0. The van der Waals surface area contributed by atoms with Gasteiger partial charge in [0.15, 0.2) is 0 Å². The lowest BCUT2D eigenvalue weighted by Crippen LogP contribution is -2.44. The Kier molecular flexibility index (Phi) is 5.85. The van der Waals surface area contributed by atoms with Gasteiger partial charge in [-0.05, 0) is 55.6 Å². The van der Waals surface area contributed by atoms with Gasteiger partial charge in [0.1, 0.15) is 17.6 Å². The number of likely N-dealkylation sites (N-methyl/N-ethyl adjacent to an activating group) is 1. The van der Waals surface area contributed by atoms with Crippen LogP contribution in [-0.4, -0.2) is 61.7 Å². The summed E-state index contributed by atoms with van der Waals surface area (Å²) in [4.78, 5) is 29.2. The van der Waals surface area contributed by atoms with E-state index in [1.165, 1.54) is 29.3 Å². The number of primary amides is 1. The van der Waals surface area contributed by atoms with Crippen molar-refractivity contribution in [2.24, 2.45) is 10.8 Å². The Morgan fingerprint density at radius 2 is 1.61 bits per heavy atom. The Hall–Kier alpha value is -3.46. The number of hydrogen-bond donors (Lipinski definition) is 2. The Morgan fingerprint density at radius 3 is 2.23 bits per heavy atom. The van der Waals surface area contributed by atoms with Gasteiger partial charge in [-0.3, -0.25) is 14.6 Å². The largest absolute Gasteiger partial charge is 0.369 e. The van der Waals surface area contributed by atoms with Crippen molar-refractivity contribution in [2.75, 3.05) is 48.5 Å². The van der Waals surface area contributed by atoms with E-state index in [1.807, 2.05) is 24.3 Å². The third kappa shape index (κ3) is 4.66. The average molecular weight is 424 g/mol. The van der Waals surface area contributed by atoms with Crippen molar-refractivity contribution in [1.29, 1.82) is 0 Å². The maximum atomic E-state index is 13.2. The molecule has 0 bridgehead atoms. The normalized spacial score (nSPS) is 19.3. The van der Waals surface area contributed by atoms with E-state index >= 15 is 0 Å². The van der Waals surface area contributed by atoms with Crippen LogP contribution in [0, 0.1) is 5.82 Å². The highest BCUT2D eigenvalue weighted by molar-refractivity contribution is 6.44. The fourth-order valence-electron chi connectivity index (χ4n) is 3.72. The van der Waals surface area contributed by atoms with Crippen molar-refractivity contribution in [3.8, 4) is 0 Å². The van der Waals surface area contributed by atoms with Crippen LogP contribution in [0.15, 0.2) is 53.6 Å². The topological polar surface area (TPSA) is 94.3 Å². The van der Waals surface area contributed by atoms with Gasteiger partial charge >= 0.3 is 0 Å². The molecule has 2 aromatic carbocycles. The molecule has 162 valence electrons. The number of carbonyl (C=O) groups excluding carboxylic acids is 2. The van der Waals surface area contributed by atoms with Gasteiger partial charge in [-0.2, -0.15) is 5.10 Å². The van der Waals surface area contributed by atoms with Gasteiger partial charge in [0.25, 0.3) is 5.91 Å². The molecular weight excluding hydrogens is 399 g/mol. The molecule has 1 saturated heterocycles. The number of nitrogens with one attached hydrogen (secondary N) is 1. The number of piperazine rings is 1. The van der Waals surface area contributed by atoms with Gasteiger partial charge in [-0.1, -0.05) is 0 Å². The lowest BCUT2D eigenvalue weighted by molar-refractivity contribution is -0.119. The second-order valence-electron chi connectivity index (χ2n) is 7.78. The number of anilines is 3. The molecule has 2 aliphatic heterocycles. The maximum absolute atomic E-state index is 13.2. The smallest absolute Gasteiger partial charge is 0.271 e. The quantitative estimate of drug-likeness (QED) is 0.761. The molecule has 3 N–H and O–H groups in total. The molecule has 1 unspecified atom stereocenters. The molecule has 0 aromatic heterocycles. The monoisotopic (exact) mass is 424 g/mol. The Morgan fingerprint density at radius 1 is 1.00 bits per heavy atom. The summed E-state index contributed by atoms with van der Waals surface area (Å²) in [5, 5.41) is 8.48. The molecule has 9 heteroatoms. The second-order valence-corrected chi connectivity index (χ2v) is 7.78. The molecule has 2 amide bonds. The highest BCUT2D eigenvalue weighted by atomic mass is 19.1. The van der Waals surface area contributed by atoms with Crippen LogP contribution in [0.1, 0.15) is 6.42 Å². The lowest BCUT2D eigenvalue weighted by Gasteiger charge is -2.34. The highest BCUT2D eigenvalue weighted by Crippen LogP contribution is 2.26. The van der Waals surface area contributed by atoms with Crippen LogP contribution in [0.3, 0.4) is 0 Å².